The van der Waals surface area contributed by atoms with Crippen LogP contribution in [-0.2, 0) is 0 Å². The van der Waals surface area contributed by atoms with Crippen LogP contribution in [0.25, 0.3) is 17.1 Å². The molecule has 0 aliphatic carbocycles. The van der Waals surface area contributed by atoms with Gasteiger partial charge in [0, 0.05) is 5.56 Å². The first-order chi connectivity index (χ1) is 13.1. The fraction of sp³-hybridized carbons (Fsp3) is 0.211. The molecule has 2 aromatic heterocycles. The molecule has 7 nitrogen and oxygen atoms in total. The van der Waals surface area contributed by atoms with Gasteiger partial charge in [0.25, 0.3) is 0 Å². The third-order valence-electron chi connectivity index (χ3n) is 4.27. The molecule has 1 unspecified atom stereocenters. The molecule has 2 aromatic carbocycles. The molecule has 0 bridgehead atoms. The van der Waals surface area contributed by atoms with Crippen LogP contribution in [0.5, 0.6) is 0 Å². The van der Waals surface area contributed by atoms with Crippen molar-refractivity contribution in [2.24, 2.45) is 0 Å². The fourth-order valence-corrected chi connectivity index (χ4v) is 3.41. The molecule has 0 amide bonds. The Morgan fingerprint density at radius 3 is 2.56 bits per heavy atom. The Balaban J connectivity index is 1.56. The Morgan fingerprint density at radius 2 is 1.78 bits per heavy atom. The summed E-state index contributed by atoms with van der Waals surface area (Å²) in [6.07, 6.45) is 0. The average Bonchev–Trinajstić information content (AvgIpc) is 3.34. The monoisotopic (exact) mass is 378 g/mol. The van der Waals surface area contributed by atoms with Crippen molar-refractivity contribution < 1.29 is 4.42 Å². The Morgan fingerprint density at radius 1 is 0.963 bits per heavy atom. The lowest BCUT2D eigenvalue weighted by molar-refractivity contribution is 0.509. The van der Waals surface area contributed by atoms with Gasteiger partial charge in [0.1, 0.15) is 0 Å². The molecule has 4 rings (SSSR count). The van der Waals surface area contributed by atoms with Crippen molar-refractivity contribution in [2.75, 3.05) is 0 Å². The predicted octanol–water partition coefficient (Wildman–Crippen LogP) is 4.18. The number of hydrogen-bond donors (Lipinski definition) is 0. The first-order valence-corrected chi connectivity index (χ1v) is 9.41. The summed E-state index contributed by atoms with van der Waals surface area (Å²) in [5.41, 5.74) is 4.24. The van der Waals surface area contributed by atoms with Crippen molar-refractivity contribution in [1.29, 1.82) is 0 Å². The Hall–Kier alpha value is -3.00. The summed E-state index contributed by atoms with van der Waals surface area (Å²) in [6.45, 7) is 6.14. The van der Waals surface area contributed by atoms with E-state index < -0.39 is 0 Å². The molecule has 0 aliphatic rings. The van der Waals surface area contributed by atoms with E-state index in [1.165, 1.54) is 22.9 Å². The van der Waals surface area contributed by atoms with Crippen molar-refractivity contribution in [3.63, 3.8) is 0 Å². The van der Waals surface area contributed by atoms with E-state index in [4.69, 9.17) is 4.42 Å². The van der Waals surface area contributed by atoms with Gasteiger partial charge < -0.3 is 4.42 Å². The Kier molecular flexibility index (Phi) is 4.72. The summed E-state index contributed by atoms with van der Waals surface area (Å²) in [7, 11) is 0. The third kappa shape index (κ3) is 3.61. The minimum Gasteiger partial charge on any atom is -0.419 e. The molecule has 0 N–H and O–H groups in total. The SMILES string of the molecule is Cc1ccc(-n2nnnc2SC(C)c2nnc(-c3ccccc3)o2)cc1C. The molecule has 1 atom stereocenters. The molecule has 136 valence electrons. The number of hydrogen-bond acceptors (Lipinski definition) is 7. The third-order valence-corrected chi connectivity index (χ3v) is 5.29. The molecular weight excluding hydrogens is 360 g/mol. The second kappa shape index (κ2) is 7.32. The molecule has 0 fully saturated rings. The number of aryl methyl sites for hydroxylation is 2. The first kappa shape index (κ1) is 17.4. The van der Waals surface area contributed by atoms with Gasteiger partial charge in [-0.25, -0.2) is 0 Å². The maximum Gasteiger partial charge on any atom is 0.247 e. The number of aromatic nitrogens is 6. The zero-order valence-corrected chi connectivity index (χ0v) is 16.0. The van der Waals surface area contributed by atoms with Crippen molar-refractivity contribution in [1.82, 2.24) is 30.4 Å². The van der Waals surface area contributed by atoms with Gasteiger partial charge in [0.15, 0.2) is 0 Å². The zero-order chi connectivity index (χ0) is 18.8. The Labute approximate surface area is 160 Å². The highest BCUT2D eigenvalue weighted by atomic mass is 32.2. The van der Waals surface area contributed by atoms with Gasteiger partial charge in [-0.3, -0.25) is 0 Å². The van der Waals surface area contributed by atoms with E-state index in [2.05, 4.69) is 51.7 Å². The maximum absolute atomic E-state index is 5.84. The van der Waals surface area contributed by atoms with Gasteiger partial charge in [-0.05, 0) is 66.6 Å². The van der Waals surface area contributed by atoms with Gasteiger partial charge in [-0.1, -0.05) is 36.0 Å². The van der Waals surface area contributed by atoms with E-state index in [0.29, 0.717) is 16.9 Å². The quantitative estimate of drug-likeness (QED) is 0.482. The minimum absolute atomic E-state index is 0.0914. The van der Waals surface area contributed by atoms with Crippen molar-refractivity contribution >= 4 is 11.8 Å². The molecule has 4 aromatic rings. The van der Waals surface area contributed by atoms with Crippen LogP contribution in [-0.4, -0.2) is 30.4 Å². The molecule has 0 saturated heterocycles. The van der Waals surface area contributed by atoms with Crippen molar-refractivity contribution in [2.45, 2.75) is 31.2 Å². The summed E-state index contributed by atoms with van der Waals surface area (Å²) in [5.74, 6) is 1.04. The summed E-state index contributed by atoms with van der Waals surface area (Å²) in [5, 5.41) is 21.0. The van der Waals surface area contributed by atoms with Crippen LogP contribution in [0.1, 0.15) is 29.2 Å². The van der Waals surface area contributed by atoms with E-state index in [9.17, 15) is 0 Å². The predicted molar refractivity (Wildman–Crippen MR) is 103 cm³/mol. The van der Waals surface area contributed by atoms with Gasteiger partial charge in [0.2, 0.25) is 16.9 Å². The molecular formula is C19H18N6OS. The van der Waals surface area contributed by atoms with Gasteiger partial charge in [-0.2, -0.15) is 4.68 Å². The van der Waals surface area contributed by atoms with E-state index in [1.54, 1.807) is 4.68 Å². The van der Waals surface area contributed by atoms with E-state index in [-0.39, 0.29) is 5.25 Å². The van der Waals surface area contributed by atoms with Gasteiger partial charge >= 0.3 is 0 Å². The number of tetrazole rings is 1. The second-order valence-electron chi connectivity index (χ2n) is 6.21. The molecule has 2 heterocycles. The second-order valence-corrected chi connectivity index (χ2v) is 7.52. The largest absolute Gasteiger partial charge is 0.419 e. The molecule has 0 aliphatic heterocycles. The highest BCUT2D eigenvalue weighted by Crippen LogP contribution is 2.34. The number of nitrogens with zero attached hydrogens (tertiary/aromatic N) is 6. The van der Waals surface area contributed by atoms with E-state index in [1.807, 2.05) is 43.3 Å². The van der Waals surface area contributed by atoms with Gasteiger partial charge in [-0.15, -0.1) is 15.3 Å². The topological polar surface area (TPSA) is 82.5 Å². The van der Waals surface area contributed by atoms with Crippen LogP contribution in [0.4, 0.5) is 0 Å². The Bertz CT molecular complexity index is 1060. The summed E-state index contributed by atoms with van der Waals surface area (Å²) >= 11 is 1.47. The standard InChI is InChI=1S/C19H18N6OS/c1-12-9-10-16(11-13(12)2)25-19(22-23-24-25)27-14(3)17-20-21-18(26-17)15-7-5-4-6-8-15/h4-11,14H,1-3H3. The number of rotatable bonds is 5. The van der Waals surface area contributed by atoms with Crippen molar-refractivity contribution in [3.05, 3.63) is 65.5 Å². The number of thioether (sulfide) groups is 1. The van der Waals surface area contributed by atoms with Crippen LogP contribution in [0.3, 0.4) is 0 Å². The lowest BCUT2D eigenvalue weighted by atomic mass is 10.1. The lowest BCUT2D eigenvalue weighted by Crippen LogP contribution is -2.01. The summed E-state index contributed by atoms with van der Waals surface area (Å²) in [4.78, 5) is 0. The van der Waals surface area contributed by atoms with Crippen LogP contribution in [0, 0.1) is 13.8 Å². The highest BCUT2D eigenvalue weighted by molar-refractivity contribution is 7.99. The fourth-order valence-electron chi connectivity index (χ4n) is 2.58. The van der Waals surface area contributed by atoms with E-state index >= 15 is 0 Å². The highest BCUT2D eigenvalue weighted by Gasteiger charge is 2.20. The molecule has 0 radical (unpaired) electrons. The summed E-state index contributed by atoms with van der Waals surface area (Å²) in [6, 6.07) is 15.9. The zero-order valence-electron chi connectivity index (χ0n) is 15.2. The van der Waals surface area contributed by atoms with Crippen LogP contribution >= 0.6 is 11.8 Å². The van der Waals surface area contributed by atoms with Crippen LogP contribution in [0.15, 0.2) is 58.1 Å². The van der Waals surface area contributed by atoms with Crippen LogP contribution in [0.2, 0.25) is 0 Å². The lowest BCUT2D eigenvalue weighted by Gasteiger charge is -2.08. The normalized spacial score (nSPS) is 12.3. The maximum atomic E-state index is 5.84. The van der Waals surface area contributed by atoms with Gasteiger partial charge in [0.05, 0.1) is 10.9 Å². The van der Waals surface area contributed by atoms with Crippen LogP contribution < -0.4 is 0 Å². The molecule has 8 heteroatoms. The molecule has 0 saturated carbocycles. The minimum atomic E-state index is -0.0914. The number of benzene rings is 2. The van der Waals surface area contributed by atoms with Crippen molar-refractivity contribution in [3.8, 4) is 17.1 Å². The molecule has 0 spiro atoms. The average molecular weight is 378 g/mol. The summed E-state index contributed by atoms with van der Waals surface area (Å²) < 4.78 is 7.56. The molecule has 27 heavy (non-hydrogen) atoms. The van der Waals surface area contributed by atoms with E-state index in [0.717, 1.165) is 11.3 Å². The first-order valence-electron chi connectivity index (χ1n) is 8.53. The smallest absolute Gasteiger partial charge is 0.247 e.